The molecule has 0 radical (unpaired) electrons. The van der Waals surface area contributed by atoms with E-state index in [9.17, 15) is 14.7 Å². The summed E-state index contributed by atoms with van der Waals surface area (Å²) in [6.45, 7) is 3.71. The van der Waals surface area contributed by atoms with Crippen LogP contribution in [-0.4, -0.2) is 33.2 Å². The zero-order valence-corrected chi connectivity index (χ0v) is 13.7. The highest BCUT2D eigenvalue weighted by atomic mass is 16.5. The number of nitrogens with zero attached hydrogens (tertiary/aromatic N) is 2. The molecule has 1 aromatic heterocycles. The van der Waals surface area contributed by atoms with Gasteiger partial charge in [0.2, 0.25) is 11.8 Å². The standard InChI is InChI=1S/C16H25N3O4/c1-3-10(2)14(16(21)22)17-12(20)8-9-13-18-15(19-23-13)11-6-4-5-7-11/h10-11,14H,3-9H2,1-2H3,(H,17,20)(H,21,22)/t10-,14-/m0/s1. The third-order valence-corrected chi connectivity index (χ3v) is 4.57. The van der Waals surface area contributed by atoms with Crippen LogP contribution in [0.5, 0.6) is 0 Å². The zero-order valence-electron chi connectivity index (χ0n) is 13.7. The minimum atomic E-state index is -1.01. The highest BCUT2D eigenvalue weighted by Crippen LogP contribution is 2.32. The third kappa shape index (κ3) is 4.77. The van der Waals surface area contributed by atoms with Crippen molar-refractivity contribution in [3.05, 3.63) is 11.7 Å². The van der Waals surface area contributed by atoms with Crippen LogP contribution in [0.2, 0.25) is 0 Å². The Hall–Kier alpha value is -1.92. The maximum atomic E-state index is 12.0. The first-order valence-electron chi connectivity index (χ1n) is 8.36. The lowest BCUT2D eigenvalue weighted by molar-refractivity contribution is -0.143. The SMILES string of the molecule is CC[C@H](C)[C@H](NC(=O)CCc1nc(C2CCCC2)no1)C(=O)O. The van der Waals surface area contributed by atoms with E-state index in [4.69, 9.17) is 4.52 Å². The van der Waals surface area contributed by atoms with Crippen molar-refractivity contribution in [3.8, 4) is 0 Å². The second kappa shape index (κ2) is 8.08. The van der Waals surface area contributed by atoms with Gasteiger partial charge in [-0.05, 0) is 18.8 Å². The Morgan fingerprint density at radius 3 is 2.70 bits per heavy atom. The van der Waals surface area contributed by atoms with Crippen LogP contribution in [0.3, 0.4) is 0 Å². The number of rotatable bonds is 8. The van der Waals surface area contributed by atoms with Crippen molar-refractivity contribution in [2.75, 3.05) is 0 Å². The Kier molecular flexibility index (Phi) is 6.12. The Balaban J connectivity index is 1.82. The molecule has 0 aliphatic heterocycles. The van der Waals surface area contributed by atoms with Gasteiger partial charge in [0.1, 0.15) is 6.04 Å². The third-order valence-electron chi connectivity index (χ3n) is 4.57. The van der Waals surface area contributed by atoms with Crippen LogP contribution in [0.4, 0.5) is 0 Å². The lowest BCUT2D eigenvalue weighted by Gasteiger charge is -2.19. The topological polar surface area (TPSA) is 105 Å². The highest BCUT2D eigenvalue weighted by Gasteiger charge is 2.26. The maximum Gasteiger partial charge on any atom is 0.326 e. The van der Waals surface area contributed by atoms with Crippen molar-refractivity contribution in [2.24, 2.45) is 5.92 Å². The van der Waals surface area contributed by atoms with E-state index in [1.165, 1.54) is 12.8 Å². The van der Waals surface area contributed by atoms with Crippen LogP contribution in [-0.2, 0) is 16.0 Å². The van der Waals surface area contributed by atoms with Crippen molar-refractivity contribution in [3.63, 3.8) is 0 Å². The smallest absolute Gasteiger partial charge is 0.326 e. The Bertz CT molecular complexity index is 537. The summed E-state index contributed by atoms with van der Waals surface area (Å²) in [5.74, 6) is 0.127. The van der Waals surface area contributed by atoms with Crippen LogP contribution < -0.4 is 5.32 Å². The molecule has 2 N–H and O–H groups in total. The van der Waals surface area contributed by atoms with Crippen LogP contribution in [0.15, 0.2) is 4.52 Å². The van der Waals surface area contributed by atoms with E-state index >= 15 is 0 Å². The predicted octanol–water partition coefficient (Wildman–Crippen LogP) is 2.28. The Labute approximate surface area is 135 Å². The van der Waals surface area contributed by atoms with Crippen molar-refractivity contribution >= 4 is 11.9 Å². The number of carbonyl (C=O) groups is 2. The second-order valence-electron chi connectivity index (χ2n) is 6.30. The number of carbonyl (C=O) groups excluding carboxylic acids is 1. The fourth-order valence-corrected chi connectivity index (χ4v) is 2.87. The van der Waals surface area contributed by atoms with Gasteiger partial charge in [0, 0.05) is 18.8 Å². The molecule has 1 heterocycles. The summed E-state index contributed by atoms with van der Waals surface area (Å²) in [5.41, 5.74) is 0. The molecule has 0 saturated heterocycles. The number of amides is 1. The van der Waals surface area contributed by atoms with E-state index in [2.05, 4.69) is 15.5 Å². The van der Waals surface area contributed by atoms with Gasteiger partial charge in [-0.2, -0.15) is 4.98 Å². The first-order chi connectivity index (χ1) is 11.0. The summed E-state index contributed by atoms with van der Waals surface area (Å²) in [4.78, 5) is 27.5. The molecule has 7 nitrogen and oxygen atoms in total. The molecular formula is C16H25N3O4. The number of aromatic nitrogens is 2. The van der Waals surface area contributed by atoms with Crippen LogP contribution in [0.1, 0.15) is 70.0 Å². The number of nitrogens with one attached hydrogen (secondary N) is 1. The molecule has 1 saturated carbocycles. The van der Waals surface area contributed by atoms with Gasteiger partial charge < -0.3 is 14.9 Å². The summed E-state index contributed by atoms with van der Waals surface area (Å²) in [5, 5.41) is 15.7. The molecule has 1 aliphatic rings. The van der Waals surface area contributed by atoms with Crippen LogP contribution >= 0.6 is 0 Å². The molecule has 7 heteroatoms. The van der Waals surface area contributed by atoms with E-state index in [1.54, 1.807) is 0 Å². The molecule has 1 aliphatic carbocycles. The number of hydrogen-bond donors (Lipinski definition) is 2. The first-order valence-corrected chi connectivity index (χ1v) is 8.36. The molecular weight excluding hydrogens is 298 g/mol. The molecule has 1 amide bonds. The lowest BCUT2D eigenvalue weighted by atomic mass is 9.99. The monoisotopic (exact) mass is 323 g/mol. The van der Waals surface area contributed by atoms with E-state index in [-0.39, 0.29) is 18.2 Å². The van der Waals surface area contributed by atoms with Gasteiger partial charge in [0.25, 0.3) is 0 Å². The Morgan fingerprint density at radius 1 is 1.39 bits per heavy atom. The molecule has 0 unspecified atom stereocenters. The van der Waals surface area contributed by atoms with Crippen molar-refractivity contribution in [1.82, 2.24) is 15.5 Å². The predicted molar refractivity (Wildman–Crippen MR) is 82.8 cm³/mol. The zero-order chi connectivity index (χ0) is 16.8. The molecule has 0 aromatic carbocycles. The number of carboxylic acids is 1. The highest BCUT2D eigenvalue weighted by molar-refractivity contribution is 5.83. The molecule has 0 spiro atoms. The van der Waals surface area contributed by atoms with Crippen LogP contribution in [0, 0.1) is 5.92 Å². The summed E-state index contributed by atoms with van der Waals surface area (Å²) < 4.78 is 5.19. The quantitative estimate of drug-likeness (QED) is 0.760. The minimum Gasteiger partial charge on any atom is -0.480 e. The van der Waals surface area contributed by atoms with Gasteiger partial charge >= 0.3 is 5.97 Å². The first kappa shape index (κ1) is 17.4. The van der Waals surface area contributed by atoms with E-state index in [0.717, 1.165) is 18.7 Å². The van der Waals surface area contributed by atoms with Gasteiger partial charge in [-0.25, -0.2) is 4.79 Å². The Morgan fingerprint density at radius 2 is 2.09 bits per heavy atom. The second-order valence-corrected chi connectivity index (χ2v) is 6.30. The molecule has 1 fully saturated rings. The molecule has 23 heavy (non-hydrogen) atoms. The van der Waals surface area contributed by atoms with Crippen molar-refractivity contribution < 1.29 is 19.2 Å². The average molecular weight is 323 g/mol. The molecule has 2 atom stereocenters. The van der Waals surface area contributed by atoms with Gasteiger partial charge in [-0.3, -0.25) is 4.79 Å². The van der Waals surface area contributed by atoms with Crippen molar-refractivity contribution in [1.29, 1.82) is 0 Å². The van der Waals surface area contributed by atoms with E-state index in [1.807, 2.05) is 13.8 Å². The van der Waals surface area contributed by atoms with E-state index in [0.29, 0.717) is 24.7 Å². The fraction of sp³-hybridized carbons (Fsp3) is 0.750. The van der Waals surface area contributed by atoms with Gasteiger partial charge in [-0.15, -0.1) is 0 Å². The van der Waals surface area contributed by atoms with E-state index < -0.39 is 12.0 Å². The van der Waals surface area contributed by atoms with Gasteiger partial charge in [-0.1, -0.05) is 38.3 Å². The molecule has 2 rings (SSSR count). The van der Waals surface area contributed by atoms with Crippen LogP contribution in [0.25, 0.3) is 0 Å². The molecule has 1 aromatic rings. The summed E-state index contributed by atoms with van der Waals surface area (Å²) in [6, 6.07) is -0.857. The number of aliphatic carboxylic acids is 1. The minimum absolute atomic E-state index is 0.117. The number of hydrogen-bond acceptors (Lipinski definition) is 5. The summed E-state index contributed by atoms with van der Waals surface area (Å²) in [7, 11) is 0. The average Bonchev–Trinajstić information content (AvgIpc) is 3.20. The molecule has 128 valence electrons. The maximum absolute atomic E-state index is 12.0. The largest absolute Gasteiger partial charge is 0.480 e. The van der Waals surface area contributed by atoms with Crippen molar-refractivity contribution in [2.45, 2.75) is 70.8 Å². The number of carboxylic acid groups (broad SMARTS) is 1. The summed E-state index contributed by atoms with van der Waals surface area (Å²) in [6.07, 6.45) is 5.74. The van der Waals surface area contributed by atoms with Gasteiger partial charge in [0.05, 0.1) is 0 Å². The number of aryl methyl sites for hydroxylation is 1. The van der Waals surface area contributed by atoms with Gasteiger partial charge in [0.15, 0.2) is 5.82 Å². The lowest BCUT2D eigenvalue weighted by Crippen LogP contribution is -2.45. The normalized spacial score (nSPS) is 17.8. The molecule has 0 bridgehead atoms. The fourth-order valence-electron chi connectivity index (χ4n) is 2.87. The summed E-state index contributed by atoms with van der Waals surface area (Å²) >= 11 is 0.